The summed E-state index contributed by atoms with van der Waals surface area (Å²) < 4.78 is 15.5. The maximum atomic E-state index is 13.4. The first-order chi connectivity index (χ1) is 10.0. The highest BCUT2D eigenvalue weighted by atomic mass is 79.9. The van der Waals surface area contributed by atoms with Crippen LogP contribution in [0.1, 0.15) is 17.2 Å². The summed E-state index contributed by atoms with van der Waals surface area (Å²) in [6.07, 6.45) is 3.42. The second kappa shape index (κ2) is 6.82. The third-order valence-electron chi connectivity index (χ3n) is 3.06. The molecule has 0 aliphatic rings. The summed E-state index contributed by atoms with van der Waals surface area (Å²) in [5, 5.41) is 9.77. The molecule has 0 saturated heterocycles. The highest BCUT2D eigenvalue weighted by Crippen LogP contribution is 2.17. The average Bonchev–Trinajstić information content (AvgIpc) is 2.87. The lowest BCUT2D eigenvalue weighted by Gasteiger charge is -2.14. The first kappa shape index (κ1) is 15.7. The molecule has 5 nitrogen and oxygen atoms in total. The van der Waals surface area contributed by atoms with Gasteiger partial charge in [0.1, 0.15) is 11.9 Å². The molecular weight excluding hydrogens is 339 g/mol. The minimum absolute atomic E-state index is 0.186. The smallest absolute Gasteiger partial charge is 0.242 e. The van der Waals surface area contributed by atoms with E-state index in [9.17, 15) is 9.18 Å². The quantitative estimate of drug-likeness (QED) is 0.861. The van der Waals surface area contributed by atoms with Gasteiger partial charge in [-0.25, -0.2) is 4.39 Å². The number of nitrogens with one attached hydrogen (secondary N) is 2. The standard InChI is InChI=1S/C14H16BrFN4O/c1-17-13(10-7-19-20(2)8-10)14(21)18-6-9-3-4-11(15)12(16)5-9/h3-5,7-8,13,17H,6H2,1-2H3,(H,18,21). The van der Waals surface area contributed by atoms with Gasteiger partial charge in [0.25, 0.3) is 0 Å². The van der Waals surface area contributed by atoms with E-state index in [4.69, 9.17) is 0 Å². The molecule has 7 heteroatoms. The van der Waals surface area contributed by atoms with E-state index < -0.39 is 6.04 Å². The molecule has 1 aromatic heterocycles. The van der Waals surface area contributed by atoms with E-state index in [1.165, 1.54) is 6.07 Å². The molecule has 1 atom stereocenters. The van der Waals surface area contributed by atoms with Crippen molar-refractivity contribution in [2.45, 2.75) is 12.6 Å². The summed E-state index contributed by atoms with van der Waals surface area (Å²) in [5.41, 5.74) is 1.48. The largest absolute Gasteiger partial charge is 0.350 e. The topological polar surface area (TPSA) is 59.0 Å². The van der Waals surface area contributed by atoms with Gasteiger partial charge in [-0.2, -0.15) is 5.10 Å². The first-order valence-corrected chi connectivity index (χ1v) is 7.18. The van der Waals surface area contributed by atoms with Gasteiger partial charge in [-0.1, -0.05) is 6.07 Å². The Morgan fingerprint density at radius 3 is 2.86 bits per heavy atom. The fraction of sp³-hybridized carbons (Fsp3) is 0.286. The van der Waals surface area contributed by atoms with E-state index in [0.29, 0.717) is 10.0 Å². The molecule has 0 bridgehead atoms. The third kappa shape index (κ3) is 3.89. The maximum absolute atomic E-state index is 13.4. The van der Waals surface area contributed by atoms with Crippen LogP contribution in [0.5, 0.6) is 0 Å². The van der Waals surface area contributed by atoms with Crippen LogP contribution in [0.3, 0.4) is 0 Å². The lowest BCUT2D eigenvalue weighted by molar-refractivity contribution is -0.123. The molecule has 0 radical (unpaired) electrons. The average molecular weight is 355 g/mol. The fourth-order valence-electron chi connectivity index (χ4n) is 1.98. The van der Waals surface area contributed by atoms with Gasteiger partial charge in [0.05, 0.1) is 10.7 Å². The SMILES string of the molecule is CNC(C(=O)NCc1ccc(Br)c(F)c1)c1cnn(C)c1. The lowest BCUT2D eigenvalue weighted by Crippen LogP contribution is -2.35. The van der Waals surface area contributed by atoms with Crippen molar-refractivity contribution in [1.29, 1.82) is 0 Å². The van der Waals surface area contributed by atoms with Gasteiger partial charge in [-0.15, -0.1) is 0 Å². The van der Waals surface area contributed by atoms with Gasteiger partial charge in [-0.3, -0.25) is 9.48 Å². The summed E-state index contributed by atoms with van der Waals surface area (Å²) in [5.74, 6) is -0.534. The van der Waals surface area contributed by atoms with Crippen molar-refractivity contribution < 1.29 is 9.18 Å². The number of nitrogens with zero attached hydrogens (tertiary/aromatic N) is 2. The van der Waals surface area contributed by atoms with Gasteiger partial charge in [0.15, 0.2) is 0 Å². The highest BCUT2D eigenvalue weighted by molar-refractivity contribution is 9.10. The number of hydrogen-bond acceptors (Lipinski definition) is 3. The normalized spacial score (nSPS) is 12.2. The second-order valence-electron chi connectivity index (χ2n) is 4.64. The highest BCUT2D eigenvalue weighted by Gasteiger charge is 2.19. The summed E-state index contributed by atoms with van der Waals surface area (Å²) >= 11 is 3.10. The zero-order valence-electron chi connectivity index (χ0n) is 11.7. The Bertz CT molecular complexity index is 644. The Kier molecular flexibility index (Phi) is 5.08. The molecule has 1 heterocycles. The van der Waals surface area contributed by atoms with Gasteiger partial charge in [0, 0.05) is 25.4 Å². The number of benzene rings is 1. The van der Waals surface area contributed by atoms with Gasteiger partial charge >= 0.3 is 0 Å². The van der Waals surface area contributed by atoms with Crippen molar-refractivity contribution in [3.05, 3.63) is 52.0 Å². The van der Waals surface area contributed by atoms with Gasteiger partial charge < -0.3 is 10.6 Å². The minimum atomic E-state index is -0.487. The molecular formula is C14H16BrFN4O. The molecule has 112 valence electrons. The van der Waals surface area contributed by atoms with Gasteiger partial charge in [0.2, 0.25) is 5.91 Å². The molecule has 1 amide bonds. The first-order valence-electron chi connectivity index (χ1n) is 6.38. The van der Waals surface area contributed by atoms with Crippen molar-refractivity contribution in [1.82, 2.24) is 20.4 Å². The molecule has 0 aliphatic carbocycles. The fourth-order valence-corrected chi connectivity index (χ4v) is 2.23. The van der Waals surface area contributed by atoms with Crippen molar-refractivity contribution in [3.8, 4) is 0 Å². The molecule has 0 fully saturated rings. The van der Waals surface area contributed by atoms with Crippen molar-refractivity contribution in [2.75, 3.05) is 7.05 Å². The molecule has 0 spiro atoms. The number of carbonyl (C=O) groups is 1. The summed E-state index contributed by atoms with van der Waals surface area (Å²) in [7, 11) is 3.50. The van der Waals surface area contributed by atoms with Crippen molar-refractivity contribution >= 4 is 21.8 Å². The summed E-state index contributed by atoms with van der Waals surface area (Å²) in [6.45, 7) is 0.265. The van der Waals surface area contributed by atoms with E-state index in [1.807, 2.05) is 0 Å². The van der Waals surface area contributed by atoms with Crippen LogP contribution in [0, 0.1) is 5.82 Å². The van der Waals surface area contributed by atoms with Crippen LogP contribution in [0.4, 0.5) is 4.39 Å². The molecule has 0 aliphatic heterocycles. The van der Waals surface area contributed by atoms with E-state index in [0.717, 1.165) is 5.56 Å². The molecule has 2 N–H and O–H groups in total. The Hall–Kier alpha value is -1.73. The Morgan fingerprint density at radius 1 is 1.52 bits per heavy atom. The lowest BCUT2D eigenvalue weighted by atomic mass is 10.1. The number of likely N-dealkylation sites (N-methyl/N-ethyl adjacent to an activating group) is 1. The van der Waals surface area contributed by atoms with Crippen molar-refractivity contribution in [2.24, 2.45) is 7.05 Å². The molecule has 2 aromatic rings. The number of rotatable bonds is 5. The van der Waals surface area contributed by atoms with Crippen molar-refractivity contribution in [3.63, 3.8) is 0 Å². The van der Waals surface area contributed by atoms with Crippen LogP contribution >= 0.6 is 15.9 Å². The van der Waals surface area contributed by atoms with E-state index in [1.54, 1.807) is 43.3 Å². The van der Waals surface area contributed by atoms with E-state index >= 15 is 0 Å². The van der Waals surface area contributed by atoms with Crippen LogP contribution in [-0.4, -0.2) is 22.7 Å². The van der Waals surface area contributed by atoms with Crippen LogP contribution in [-0.2, 0) is 18.4 Å². The molecule has 1 aromatic carbocycles. The Balaban J connectivity index is 2.01. The monoisotopic (exact) mass is 354 g/mol. The Labute approximate surface area is 130 Å². The number of carbonyl (C=O) groups excluding carboxylic acids is 1. The minimum Gasteiger partial charge on any atom is -0.350 e. The summed E-state index contributed by atoms with van der Waals surface area (Å²) in [6, 6.07) is 4.28. The zero-order valence-corrected chi connectivity index (χ0v) is 13.3. The predicted molar refractivity (Wildman–Crippen MR) is 81.0 cm³/mol. The number of hydrogen-bond donors (Lipinski definition) is 2. The second-order valence-corrected chi connectivity index (χ2v) is 5.49. The molecule has 1 unspecified atom stereocenters. The van der Waals surface area contributed by atoms with Crippen LogP contribution in [0.2, 0.25) is 0 Å². The zero-order chi connectivity index (χ0) is 15.4. The number of aromatic nitrogens is 2. The van der Waals surface area contributed by atoms with Crippen LogP contribution in [0.15, 0.2) is 35.1 Å². The predicted octanol–water partition coefficient (Wildman–Crippen LogP) is 1.90. The molecule has 0 saturated carbocycles. The third-order valence-corrected chi connectivity index (χ3v) is 3.70. The Morgan fingerprint density at radius 2 is 2.29 bits per heavy atom. The number of halogens is 2. The van der Waals surface area contributed by atoms with Crippen LogP contribution in [0.25, 0.3) is 0 Å². The van der Waals surface area contributed by atoms with Gasteiger partial charge in [-0.05, 0) is 40.7 Å². The van der Waals surface area contributed by atoms with E-state index in [2.05, 4.69) is 31.7 Å². The number of aryl methyl sites for hydroxylation is 1. The number of amides is 1. The van der Waals surface area contributed by atoms with Crippen LogP contribution < -0.4 is 10.6 Å². The molecule has 2 rings (SSSR count). The molecule has 21 heavy (non-hydrogen) atoms. The summed E-state index contributed by atoms with van der Waals surface area (Å²) in [4.78, 5) is 12.2. The van der Waals surface area contributed by atoms with E-state index in [-0.39, 0.29) is 18.3 Å². The maximum Gasteiger partial charge on any atom is 0.242 e.